The van der Waals surface area contributed by atoms with E-state index in [0.717, 1.165) is 34.2 Å². The lowest BCUT2D eigenvalue weighted by molar-refractivity contribution is -0.137. The second kappa shape index (κ2) is 10.7. The van der Waals surface area contributed by atoms with Gasteiger partial charge in [0.2, 0.25) is 5.95 Å². The summed E-state index contributed by atoms with van der Waals surface area (Å²) < 4.78 is 40.2. The number of nitrogens with zero attached hydrogens (tertiary/aromatic N) is 4. The van der Waals surface area contributed by atoms with Crippen LogP contribution in [0.5, 0.6) is 0 Å². The highest BCUT2D eigenvalue weighted by atomic mass is 19.4. The maximum atomic E-state index is 13.7. The molecule has 42 heavy (non-hydrogen) atoms. The summed E-state index contributed by atoms with van der Waals surface area (Å²) in [6.07, 6.45) is -3.31. The van der Waals surface area contributed by atoms with Crippen LogP contribution in [0.2, 0.25) is 0 Å². The maximum absolute atomic E-state index is 13.7. The van der Waals surface area contributed by atoms with Gasteiger partial charge in [-0.25, -0.2) is 9.88 Å². The lowest BCUT2D eigenvalue weighted by atomic mass is 9.93. The fourth-order valence-corrected chi connectivity index (χ4v) is 4.66. The molecule has 0 radical (unpaired) electrons. The average Bonchev–Trinajstić information content (AvgIpc) is 3.01. The zero-order valence-electron chi connectivity index (χ0n) is 21.7. The summed E-state index contributed by atoms with van der Waals surface area (Å²) in [6, 6.07) is 29.3. The molecule has 1 aliphatic rings. The number of carbonyl (C=O) groups excluding carboxylic acids is 2. The predicted molar refractivity (Wildman–Crippen MR) is 152 cm³/mol. The van der Waals surface area contributed by atoms with Crippen LogP contribution < -0.4 is 10.2 Å². The molecule has 0 unspecified atom stereocenters. The summed E-state index contributed by atoms with van der Waals surface area (Å²) >= 11 is 0. The van der Waals surface area contributed by atoms with E-state index in [0.29, 0.717) is 17.0 Å². The number of imide groups is 1. The van der Waals surface area contributed by atoms with Gasteiger partial charge in [0.25, 0.3) is 11.8 Å². The number of hydrogen-bond donors (Lipinski definition) is 1. The van der Waals surface area contributed by atoms with Crippen molar-refractivity contribution in [3.05, 3.63) is 132 Å². The van der Waals surface area contributed by atoms with Crippen LogP contribution >= 0.6 is 0 Å². The van der Waals surface area contributed by atoms with Crippen LogP contribution in [0.1, 0.15) is 21.5 Å². The number of aromatic nitrogens is 3. The summed E-state index contributed by atoms with van der Waals surface area (Å²) in [5.41, 5.74) is 2.06. The first kappa shape index (κ1) is 26.6. The van der Waals surface area contributed by atoms with E-state index in [9.17, 15) is 22.8 Å². The summed E-state index contributed by atoms with van der Waals surface area (Å²) in [5, 5.41) is 11.5. The third-order valence-electron chi connectivity index (χ3n) is 6.64. The Bertz CT molecular complexity index is 1840. The van der Waals surface area contributed by atoms with Crippen molar-refractivity contribution in [2.75, 3.05) is 10.2 Å². The van der Waals surface area contributed by atoms with Crippen molar-refractivity contribution in [2.24, 2.45) is 0 Å². The zero-order chi connectivity index (χ0) is 29.3. The van der Waals surface area contributed by atoms with Gasteiger partial charge in [0.1, 0.15) is 11.4 Å². The zero-order valence-corrected chi connectivity index (χ0v) is 21.7. The third-order valence-corrected chi connectivity index (χ3v) is 6.64. The molecule has 6 rings (SSSR count). The van der Waals surface area contributed by atoms with Gasteiger partial charge in [0.05, 0.1) is 16.8 Å². The van der Waals surface area contributed by atoms with E-state index in [1.165, 1.54) is 18.3 Å². The fourth-order valence-electron chi connectivity index (χ4n) is 4.66. The topological polar surface area (TPSA) is 88.1 Å². The fraction of sp³-hybridized carbons (Fsp3) is 0.0312. The molecule has 1 N–H and O–H groups in total. The molecular formula is C32H20F3N5O2. The van der Waals surface area contributed by atoms with Gasteiger partial charge in [-0.2, -0.15) is 13.2 Å². The number of rotatable bonds is 5. The Morgan fingerprint density at radius 3 is 1.95 bits per heavy atom. The molecule has 2 amide bonds. The van der Waals surface area contributed by atoms with Crippen molar-refractivity contribution < 1.29 is 22.8 Å². The molecule has 2 heterocycles. The highest BCUT2D eigenvalue weighted by Crippen LogP contribution is 2.36. The SMILES string of the molecule is O=C1/C(=C\Nc2nnc(-c3ccccc3)c(-c3ccccc3)n2)c2ccccc2C(=O)N1c1cccc(C(F)(F)F)c1. The number of anilines is 2. The molecule has 0 aliphatic carbocycles. The van der Waals surface area contributed by atoms with Crippen LogP contribution in [0.3, 0.4) is 0 Å². The third kappa shape index (κ3) is 5.01. The summed E-state index contributed by atoms with van der Waals surface area (Å²) in [5.74, 6) is -1.46. The van der Waals surface area contributed by atoms with Crippen molar-refractivity contribution in [1.82, 2.24) is 15.2 Å². The smallest absolute Gasteiger partial charge is 0.329 e. The first-order valence-electron chi connectivity index (χ1n) is 12.8. The minimum absolute atomic E-state index is 0.0413. The van der Waals surface area contributed by atoms with E-state index in [1.54, 1.807) is 18.2 Å². The molecule has 10 heteroatoms. The van der Waals surface area contributed by atoms with Gasteiger partial charge in [-0.05, 0) is 24.3 Å². The van der Waals surface area contributed by atoms with Crippen LogP contribution in [-0.2, 0) is 11.0 Å². The second-order valence-corrected chi connectivity index (χ2v) is 9.31. The Balaban J connectivity index is 1.41. The van der Waals surface area contributed by atoms with Gasteiger partial charge in [-0.15, -0.1) is 10.2 Å². The number of carbonyl (C=O) groups is 2. The molecular weight excluding hydrogens is 543 g/mol. The van der Waals surface area contributed by atoms with Gasteiger partial charge in [-0.3, -0.25) is 9.59 Å². The summed E-state index contributed by atoms with van der Waals surface area (Å²) in [6.45, 7) is 0. The largest absolute Gasteiger partial charge is 0.416 e. The van der Waals surface area contributed by atoms with Crippen LogP contribution in [0, 0.1) is 0 Å². The Kier molecular flexibility index (Phi) is 6.79. The van der Waals surface area contributed by atoms with E-state index in [4.69, 9.17) is 0 Å². The highest BCUT2D eigenvalue weighted by Gasteiger charge is 2.37. The number of halogens is 3. The molecule has 1 aromatic heterocycles. The number of fused-ring (bicyclic) bond motifs is 1. The molecule has 0 bridgehead atoms. The molecule has 0 spiro atoms. The molecule has 0 atom stereocenters. The number of alkyl halides is 3. The molecule has 5 aromatic rings. The van der Waals surface area contributed by atoms with Crippen molar-refractivity contribution in [3.8, 4) is 22.5 Å². The van der Waals surface area contributed by atoms with Gasteiger partial charge < -0.3 is 5.32 Å². The van der Waals surface area contributed by atoms with E-state index in [1.807, 2.05) is 60.7 Å². The van der Waals surface area contributed by atoms with E-state index < -0.39 is 23.6 Å². The number of amides is 2. The van der Waals surface area contributed by atoms with E-state index in [-0.39, 0.29) is 22.8 Å². The number of nitrogens with one attached hydrogen (secondary N) is 1. The van der Waals surface area contributed by atoms with Gasteiger partial charge in [0, 0.05) is 28.5 Å². The minimum atomic E-state index is -4.65. The molecule has 0 fully saturated rings. The first-order valence-corrected chi connectivity index (χ1v) is 12.8. The van der Waals surface area contributed by atoms with Crippen LogP contribution in [0.4, 0.5) is 24.8 Å². The number of hydrogen-bond acceptors (Lipinski definition) is 6. The van der Waals surface area contributed by atoms with Crippen molar-refractivity contribution >= 4 is 29.0 Å². The standard InChI is InChI=1S/C32H20F3N5O2/c33-32(34,35)22-14-9-15-23(18-22)40-29(41)25-17-8-7-16-24(25)26(30(40)42)19-36-31-37-27(20-10-3-1-4-11-20)28(38-39-31)21-12-5-2-6-13-21/h1-19H,(H,36,37,39)/b26-19-. The van der Waals surface area contributed by atoms with Crippen LogP contribution in [-0.4, -0.2) is 27.0 Å². The molecule has 1 aliphatic heterocycles. The molecule has 4 aromatic carbocycles. The molecule has 7 nitrogen and oxygen atoms in total. The highest BCUT2D eigenvalue weighted by molar-refractivity contribution is 6.41. The van der Waals surface area contributed by atoms with Gasteiger partial charge in [-0.1, -0.05) is 84.9 Å². The first-order chi connectivity index (χ1) is 20.3. The van der Waals surface area contributed by atoms with Gasteiger partial charge in [0.15, 0.2) is 0 Å². The lowest BCUT2D eigenvalue weighted by Gasteiger charge is -2.29. The molecule has 0 saturated heterocycles. The molecule has 0 saturated carbocycles. The Hall–Kier alpha value is -5.64. The van der Waals surface area contributed by atoms with Crippen molar-refractivity contribution in [3.63, 3.8) is 0 Å². The Morgan fingerprint density at radius 1 is 0.667 bits per heavy atom. The summed E-state index contributed by atoms with van der Waals surface area (Å²) in [4.78, 5) is 32.4. The van der Waals surface area contributed by atoms with Crippen LogP contribution in [0.15, 0.2) is 115 Å². The Morgan fingerprint density at radius 2 is 1.29 bits per heavy atom. The monoisotopic (exact) mass is 563 g/mol. The average molecular weight is 564 g/mol. The predicted octanol–water partition coefficient (Wildman–Crippen LogP) is 6.86. The normalized spacial score (nSPS) is 14.2. The van der Waals surface area contributed by atoms with Gasteiger partial charge >= 0.3 is 6.18 Å². The maximum Gasteiger partial charge on any atom is 0.416 e. The summed E-state index contributed by atoms with van der Waals surface area (Å²) in [7, 11) is 0. The second-order valence-electron chi connectivity index (χ2n) is 9.31. The molecule has 206 valence electrons. The minimum Gasteiger partial charge on any atom is -0.329 e. The van der Waals surface area contributed by atoms with E-state index >= 15 is 0 Å². The number of benzene rings is 4. The Labute approximate surface area is 238 Å². The van der Waals surface area contributed by atoms with E-state index in [2.05, 4.69) is 20.5 Å². The van der Waals surface area contributed by atoms with Crippen molar-refractivity contribution in [2.45, 2.75) is 6.18 Å². The lowest BCUT2D eigenvalue weighted by Crippen LogP contribution is -2.42. The van der Waals surface area contributed by atoms with Crippen molar-refractivity contribution in [1.29, 1.82) is 0 Å². The van der Waals surface area contributed by atoms with Crippen LogP contribution in [0.25, 0.3) is 28.1 Å². The quantitative estimate of drug-likeness (QED) is 0.186.